The van der Waals surface area contributed by atoms with E-state index < -0.39 is 0 Å². The molecule has 0 saturated carbocycles. The van der Waals surface area contributed by atoms with Crippen molar-refractivity contribution in [2.24, 2.45) is 0 Å². The number of benzene rings is 3. The van der Waals surface area contributed by atoms with Crippen LogP contribution in [0.2, 0.25) is 5.02 Å². The molecule has 2 amide bonds. The van der Waals surface area contributed by atoms with Crippen LogP contribution in [0.5, 0.6) is 5.75 Å². The third-order valence-electron chi connectivity index (χ3n) is 7.04. The summed E-state index contributed by atoms with van der Waals surface area (Å²) >= 11 is 7.55. The summed E-state index contributed by atoms with van der Waals surface area (Å²) in [7, 11) is 0. The third kappa shape index (κ3) is 4.67. The number of thiazole rings is 1. The van der Waals surface area contributed by atoms with Gasteiger partial charge in [0.15, 0.2) is 0 Å². The van der Waals surface area contributed by atoms with Crippen LogP contribution in [-0.4, -0.2) is 57.9 Å². The number of fused-ring (bicyclic) bond motifs is 1. The van der Waals surface area contributed by atoms with E-state index in [-0.39, 0.29) is 24.1 Å². The zero-order valence-electron chi connectivity index (χ0n) is 20.5. The molecule has 2 aliphatic rings. The molecule has 3 heterocycles. The summed E-state index contributed by atoms with van der Waals surface area (Å²) in [6.07, 6.45) is 0. The molecule has 1 fully saturated rings. The van der Waals surface area contributed by atoms with Crippen LogP contribution >= 0.6 is 22.9 Å². The molecule has 4 aromatic rings. The molecular weight excluding hydrogens is 520 g/mol. The number of halogens is 1. The minimum absolute atomic E-state index is 0.153. The van der Waals surface area contributed by atoms with E-state index in [1.54, 1.807) is 24.3 Å². The van der Waals surface area contributed by atoms with Gasteiger partial charge in [-0.3, -0.25) is 19.4 Å². The fraction of sp³-hybridized carbons (Fsp3) is 0.207. The Morgan fingerprint density at radius 1 is 0.895 bits per heavy atom. The van der Waals surface area contributed by atoms with Crippen molar-refractivity contribution < 1.29 is 14.7 Å². The van der Waals surface area contributed by atoms with Crippen molar-refractivity contribution in [3.05, 3.63) is 98.8 Å². The van der Waals surface area contributed by atoms with Crippen molar-refractivity contribution in [1.82, 2.24) is 14.8 Å². The lowest BCUT2D eigenvalue weighted by Crippen LogP contribution is -2.46. The molecule has 0 spiro atoms. The molecule has 0 atom stereocenters. The van der Waals surface area contributed by atoms with Crippen molar-refractivity contribution in [2.75, 3.05) is 31.1 Å². The quantitative estimate of drug-likeness (QED) is 0.332. The molecule has 3 aromatic carbocycles. The number of hydrogen-bond donors (Lipinski definition) is 1. The second-order valence-electron chi connectivity index (χ2n) is 9.42. The molecule has 1 aromatic heterocycles. The van der Waals surface area contributed by atoms with Crippen LogP contribution in [0.1, 0.15) is 31.3 Å². The monoisotopic (exact) mass is 544 g/mol. The highest BCUT2D eigenvalue weighted by Crippen LogP contribution is 2.34. The van der Waals surface area contributed by atoms with E-state index in [1.807, 2.05) is 47.8 Å². The standard InChI is InChI=1S/C29H25ClN4O3S/c30-21-9-10-25(35)20(15-21)16-32-11-13-33(14-12-32)24-8-4-7-22-27(24)29(37)34(28(22)36)17-26-31-23(18-38-26)19-5-2-1-3-6-19/h1-10,15,18,35H,11-14,16-17H2. The Morgan fingerprint density at radius 3 is 2.47 bits per heavy atom. The van der Waals surface area contributed by atoms with E-state index >= 15 is 0 Å². The lowest BCUT2D eigenvalue weighted by molar-refractivity contribution is 0.0642. The van der Waals surface area contributed by atoms with E-state index in [1.165, 1.54) is 16.2 Å². The van der Waals surface area contributed by atoms with Gasteiger partial charge in [0.2, 0.25) is 0 Å². The Labute approximate surface area is 229 Å². The van der Waals surface area contributed by atoms with Gasteiger partial charge < -0.3 is 10.0 Å². The van der Waals surface area contributed by atoms with Gasteiger partial charge in [0.1, 0.15) is 10.8 Å². The zero-order chi connectivity index (χ0) is 26.2. The number of carbonyl (C=O) groups excluding carboxylic acids is 2. The number of aromatic hydroxyl groups is 1. The predicted molar refractivity (Wildman–Crippen MR) is 149 cm³/mol. The smallest absolute Gasteiger partial charge is 0.264 e. The van der Waals surface area contributed by atoms with Crippen molar-refractivity contribution in [3.63, 3.8) is 0 Å². The van der Waals surface area contributed by atoms with E-state index in [0.29, 0.717) is 35.8 Å². The van der Waals surface area contributed by atoms with Crippen LogP contribution < -0.4 is 4.90 Å². The van der Waals surface area contributed by atoms with Crippen LogP contribution in [0.4, 0.5) is 5.69 Å². The van der Waals surface area contributed by atoms with Crippen LogP contribution in [0.15, 0.2) is 72.1 Å². The minimum atomic E-state index is -0.279. The summed E-state index contributed by atoms with van der Waals surface area (Å²) in [5, 5.41) is 13.4. The van der Waals surface area contributed by atoms with Gasteiger partial charge in [-0.1, -0.05) is 48.0 Å². The largest absolute Gasteiger partial charge is 0.508 e. The lowest BCUT2D eigenvalue weighted by atomic mass is 10.1. The number of amides is 2. The summed E-state index contributed by atoms with van der Waals surface area (Å²) in [6, 6.07) is 20.4. The summed E-state index contributed by atoms with van der Waals surface area (Å²) in [5.41, 5.74) is 4.34. The van der Waals surface area contributed by atoms with Gasteiger partial charge in [-0.2, -0.15) is 0 Å². The normalized spacial score (nSPS) is 15.8. The Morgan fingerprint density at radius 2 is 1.68 bits per heavy atom. The van der Waals surface area contributed by atoms with Crippen LogP contribution in [0.25, 0.3) is 11.3 Å². The summed E-state index contributed by atoms with van der Waals surface area (Å²) < 4.78 is 0. The first-order valence-corrected chi connectivity index (χ1v) is 13.7. The van der Waals surface area contributed by atoms with Crippen molar-refractivity contribution in [2.45, 2.75) is 13.1 Å². The Bertz CT molecular complexity index is 1520. The van der Waals surface area contributed by atoms with Gasteiger partial charge >= 0.3 is 0 Å². The molecule has 192 valence electrons. The molecule has 0 bridgehead atoms. The van der Waals surface area contributed by atoms with Crippen LogP contribution in [0, 0.1) is 0 Å². The van der Waals surface area contributed by atoms with Crippen LogP contribution in [-0.2, 0) is 13.1 Å². The molecule has 2 aliphatic heterocycles. The molecule has 38 heavy (non-hydrogen) atoms. The van der Waals surface area contributed by atoms with Gasteiger partial charge in [-0.15, -0.1) is 11.3 Å². The first-order valence-electron chi connectivity index (χ1n) is 12.4. The maximum Gasteiger partial charge on any atom is 0.264 e. The van der Waals surface area contributed by atoms with Crippen molar-refractivity contribution >= 4 is 40.4 Å². The van der Waals surface area contributed by atoms with Gasteiger partial charge in [0.25, 0.3) is 11.8 Å². The lowest BCUT2D eigenvalue weighted by Gasteiger charge is -2.36. The number of imide groups is 1. The molecule has 0 aliphatic carbocycles. The summed E-state index contributed by atoms with van der Waals surface area (Å²) in [4.78, 5) is 37.2. The van der Waals surface area contributed by atoms with E-state index in [9.17, 15) is 14.7 Å². The van der Waals surface area contributed by atoms with E-state index in [2.05, 4.69) is 14.8 Å². The third-order valence-corrected chi connectivity index (χ3v) is 8.11. The number of carbonyl (C=O) groups is 2. The maximum atomic E-state index is 13.5. The molecular formula is C29H25ClN4O3S. The number of aromatic nitrogens is 1. The fourth-order valence-corrected chi connectivity index (χ4v) is 6.04. The fourth-order valence-electron chi connectivity index (χ4n) is 5.05. The van der Waals surface area contributed by atoms with Gasteiger partial charge in [-0.25, -0.2) is 4.98 Å². The highest BCUT2D eigenvalue weighted by atomic mass is 35.5. The summed E-state index contributed by atoms with van der Waals surface area (Å²) in [6.45, 7) is 3.65. The highest BCUT2D eigenvalue weighted by molar-refractivity contribution is 7.10. The maximum absolute atomic E-state index is 13.5. The molecule has 0 radical (unpaired) electrons. The number of anilines is 1. The van der Waals surface area contributed by atoms with Gasteiger partial charge in [0.05, 0.1) is 29.1 Å². The average Bonchev–Trinajstić information content (AvgIpc) is 3.51. The number of hydrogen-bond acceptors (Lipinski definition) is 7. The average molecular weight is 545 g/mol. The first-order chi connectivity index (χ1) is 18.5. The SMILES string of the molecule is O=C1c2cccc(N3CCN(Cc4cc(Cl)ccc4O)CC3)c2C(=O)N1Cc1nc(-c2ccccc2)cs1. The predicted octanol–water partition coefficient (Wildman–Crippen LogP) is 5.29. The van der Waals surface area contributed by atoms with E-state index in [0.717, 1.165) is 40.6 Å². The topological polar surface area (TPSA) is 77.0 Å². The number of piperazine rings is 1. The molecule has 1 saturated heterocycles. The van der Waals surface area contributed by atoms with Crippen molar-refractivity contribution in [1.29, 1.82) is 0 Å². The number of nitrogens with zero attached hydrogens (tertiary/aromatic N) is 4. The number of rotatable bonds is 6. The van der Waals surface area contributed by atoms with Gasteiger partial charge in [0, 0.05) is 54.3 Å². The second-order valence-corrected chi connectivity index (χ2v) is 10.8. The first kappa shape index (κ1) is 24.6. The zero-order valence-corrected chi connectivity index (χ0v) is 22.1. The number of phenols is 1. The summed E-state index contributed by atoms with van der Waals surface area (Å²) in [5.74, 6) is -0.320. The Balaban J connectivity index is 1.16. The van der Waals surface area contributed by atoms with Crippen LogP contribution in [0.3, 0.4) is 0 Å². The molecule has 0 unspecified atom stereocenters. The second kappa shape index (κ2) is 10.2. The number of phenolic OH excluding ortho intramolecular Hbond substituents is 1. The van der Waals surface area contributed by atoms with E-state index in [4.69, 9.17) is 11.6 Å². The molecule has 7 nitrogen and oxygen atoms in total. The molecule has 6 rings (SSSR count). The highest BCUT2D eigenvalue weighted by Gasteiger charge is 2.39. The molecule has 1 N–H and O–H groups in total. The molecule has 9 heteroatoms. The van der Waals surface area contributed by atoms with Crippen molar-refractivity contribution in [3.8, 4) is 17.0 Å². The van der Waals surface area contributed by atoms with Gasteiger partial charge in [-0.05, 0) is 30.3 Å². The minimum Gasteiger partial charge on any atom is -0.508 e. The Kier molecular flexibility index (Phi) is 6.61. The Hall–Kier alpha value is -3.72.